The fraction of sp³-hybridized carbons (Fsp3) is 0.500. The minimum Gasteiger partial charge on any atom is -0.387 e. The van der Waals surface area contributed by atoms with E-state index in [0.717, 1.165) is 12.0 Å². The lowest BCUT2D eigenvalue weighted by Gasteiger charge is -2.08. The molecule has 0 unspecified atom stereocenters. The molecule has 0 radical (unpaired) electrons. The van der Waals surface area contributed by atoms with E-state index < -0.39 is 6.10 Å². The van der Waals surface area contributed by atoms with Gasteiger partial charge in [0.25, 0.3) is 0 Å². The van der Waals surface area contributed by atoms with Gasteiger partial charge in [-0.05, 0) is 24.0 Å². The van der Waals surface area contributed by atoms with E-state index in [9.17, 15) is 5.11 Å². The quantitative estimate of drug-likeness (QED) is 0.751. The van der Waals surface area contributed by atoms with Gasteiger partial charge in [0.05, 0.1) is 6.10 Å². The normalized spacial score (nSPS) is 12.8. The van der Waals surface area contributed by atoms with Crippen LogP contribution in [0.3, 0.4) is 0 Å². The molecule has 0 saturated carbocycles. The lowest BCUT2D eigenvalue weighted by Crippen LogP contribution is -2.11. The van der Waals surface area contributed by atoms with Crippen molar-refractivity contribution in [3.05, 3.63) is 35.4 Å². The van der Waals surface area contributed by atoms with E-state index in [2.05, 4.69) is 19.1 Å². The SMILES string of the molecule is CCCCc1ccc([C@H](O)CN)cc1. The number of nitrogens with two attached hydrogens (primary N) is 1. The first kappa shape index (κ1) is 11.2. The molecule has 0 aliphatic heterocycles. The molecule has 1 aromatic rings. The molecule has 2 nitrogen and oxygen atoms in total. The maximum atomic E-state index is 9.47. The fourth-order valence-corrected chi connectivity index (χ4v) is 1.42. The van der Waals surface area contributed by atoms with Gasteiger partial charge >= 0.3 is 0 Å². The maximum absolute atomic E-state index is 9.47. The molecule has 0 bridgehead atoms. The van der Waals surface area contributed by atoms with E-state index in [1.54, 1.807) is 0 Å². The highest BCUT2D eigenvalue weighted by molar-refractivity contribution is 5.24. The van der Waals surface area contributed by atoms with E-state index in [4.69, 9.17) is 5.73 Å². The van der Waals surface area contributed by atoms with Gasteiger partial charge in [0.1, 0.15) is 0 Å². The van der Waals surface area contributed by atoms with Crippen LogP contribution >= 0.6 is 0 Å². The molecular formula is C12H19NO. The molecule has 0 aromatic heterocycles. The van der Waals surface area contributed by atoms with Gasteiger partial charge in [-0.15, -0.1) is 0 Å². The molecule has 78 valence electrons. The third-order valence-corrected chi connectivity index (χ3v) is 2.41. The smallest absolute Gasteiger partial charge is 0.0912 e. The van der Waals surface area contributed by atoms with Crippen LogP contribution in [0.25, 0.3) is 0 Å². The maximum Gasteiger partial charge on any atom is 0.0912 e. The predicted molar refractivity (Wildman–Crippen MR) is 59.1 cm³/mol. The minimum absolute atomic E-state index is 0.286. The van der Waals surface area contributed by atoms with Crippen molar-refractivity contribution in [1.29, 1.82) is 0 Å². The second-order valence-electron chi connectivity index (χ2n) is 3.60. The van der Waals surface area contributed by atoms with Crippen LogP contribution in [0.5, 0.6) is 0 Å². The highest BCUT2D eigenvalue weighted by Crippen LogP contribution is 2.13. The highest BCUT2D eigenvalue weighted by Gasteiger charge is 2.03. The van der Waals surface area contributed by atoms with E-state index in [1.807, 2.05) is 12.1 Å². The minimum atomic E-state index is -0.518. The van der Waals surface area contributed by atoms with E-state index >= 15 is 0 Å². The molecule has 1 atom stereocenters. The van der Waals surface area contributed by atoms with Gasteiger partial charge in [-0.25, -0.2) is 0 Å². The van der Waals surface area contributed by atoms with Crippen LogP contribution in [0.15, 0.2) is 24.3 Å². The van der Waals surface area contributed by atoms with Crippen molar-refractivity contribution < 1.29 is 5.11 Å². The number of hydrogen-bond donors (Lipinski definition) is 2. The zero-order valence-electron chi connectivity index (χ0n) is 8.74. The van der Waals surface area contributed by atoms with Crippen molar-refractivity contribution in [3.8, 4) is 0 Å². The lowest BCUT2D eigenvalue weighted by atomic mass is 10.0. The van der Waals surface area contributed by atoms with Gasteiger partial charge in [-0.1, -0.05) is 37.6 Å². The van der Waals surface area contributed by atoms with Crippen LogP contribution in [0.4, 0.5) is 0 Å². The predicted octanol–water partition coefficient (Wildman–Crippen LogP) is 2.02. The second kappa shape index (κ2) is 5.78. The molecule has 1 rings (SSSR count). The second-order valence-corrected chi connectivity index (χ2v) is 3.60. The average molecular weight is 193 g/mol. The number of benzene rings is 1. The largest absolute Gasteiger partial charge is 0.387 e. The van der Waals surface area contributed by atoms with Gasteiger partial charge in [-0.3, -0.25) is 0 Å². The summed E-state index contributed by atoms with van der Waals surface area (Å²) >= 11 is 0. The van der Waals surface area contributed by atoms with Crippen molar-refractivity contribution in [2.24, 2.45) is 5.73 Å². The lowest BCUT2D eigenvalue weighted by molar-refractivity contribution is 0.186. The fourth-order valence-electron chi connectivity index (χ4n) is 1.42. The van der Waals surface area contributed by atoms with Crippen molar-refractivity contribution in [1.82, 2.24) is 0 Å². The molecule has 1 aromatic carbocycles. The Morgan fingerprint density at radius 1 is 1.29 bits per heavy atom. The van der Waals surface area contributed by atoms with Gasteiger partial charge in [0, 0.05) is 6.54 Å². The number of aliphatic hydroxyl groups excluding tert-OH is 1. The Kier molecular flexibility index (Phi) is 4.63. The van der Waals surface area contributed by atoms with Gasteiger partial charge in [0.2, 0.25) is 0 Å². The number of rotatable bonds is 5. The molecule has 0 amide bonds. The molecule has 14 heavy (non-hydrogen) atoms. The summed E-state index contributed by atoms with van der Waals surface area (Å²) in [6.07, 6.45) is 3.04. The Labute approximate surface area is 85.8 Å². The van der Waals surface area contributed by atoms with Crippen LogP contribution in [-0.2, 0) is 6.42 Å². The summed E-state index contributed by atoms with van der Waals surface area (Å²) in [6, 6.07) is 8.07. The standard InChI is InChI=1S/C12H19NO/c1-2-3-4-10-5-7-11(8-6-10)12(14)9-13/h5-8,12,14H,2-4,9,13H2,1H3/t12-/m1/s1. The van der Waals surface area contributed by atoms with Gasteiger partial charge in [-0.2, -0.15) is 0 Å². The van der Waals surface area contributed by atoms with Gasteiger partial charge < -0.3 is 10.8 Å². The third-order valence-electron chi connectivity index (χ3n) is 2.41. The van der Waals surface area contributed by atoms with Crippen LogP contribution in [-0.4, -0.2) is 11.7 Å². The van der Waals surface area contributed by atoms with E-state index in [1.165, 1.54) is 18.4 Å². The summed E-state index contributed by atoms with van der Waals surface area (Å²) in [5.74, 6) is 0. The summed E-state index contributed by atoms with van der Waals surface area (Å²) in [7, 11) is 0. The molecule has 0 aliphatic carbocycles. The Morgan fingerprint density at radius 3 is 2.43 bits per heavy atom. The number of unbranched alkanes of at least 4 members (excludes halogenated alkanes) is 1. The molecular weight excluding hydrogens is 174 g/mol. The summed E-state index contributed by atoms with van der Waals surface area (Å²) < 4.78 is 0. The monoisotopic (exact) mass is 193 g/mol. The molecule has 3 N–H and O–H groups in total. The molecule has 0 heterocycles. The van der Waals surface area contributed by atoms with E-state index in [-0.39, 0.29) is 6.54 Å². The molecule has 0 spiro atoms. The molecule has 0 aliphatic rings. The number of aryl methyl sites for hydroxylation is 1. The third kappa shape index (κ3) is 3.13. The van der Waals surface area contributed by atoms with E-state index in [0.29, 0.717) is 0 Å². The van der Waals surface area contributed by atoms with Crippen LogP contribution < -0.4 is 5.73 Å². The first-order valence-corrected chi connectivity index (χ1v) is 5.25. The highest BCUT2D eigenvalue weighted by atomic mass is 16.3. The summed E-state index contributed by atoms with van der Waals surface area (Å²) in [6.45, 7) is 2.47. The zero-order valence-corrected chi connectivity index (χ0v) is 8.74. The zero-order chi connectivity index (χ0) is 10.4. The molecule has 0 saturated heterocycles. The Morgan fingerprint density at radius 2 is 1.93 bits per heavy atom. The van der Waals surface area contributed by atoms with Crippen LogP contribution in [0.1, 0.15) is 37.0 Å². The first-order valence-electron chi connectivity index (χ1n) is 5.25. The first-order chi connectivity index (χ1) is 6.77. The van der Waals surface area contributed by atoms with Crippen molar-refractivity contribution in [2.75, 3.05) is 6.54 Å². The van der Waals surface area contributed by atoms with Crippen molar-refractivity contribution >= 4 is 0 Å². The molecule has 2 heteroatoms. The summed E-state index contributed by atoms with van der Waals surface area (Å²) in [5.41, 5.74) is 7.62. The average Bonchev–Trinajstić information content (AvgIpc) is 2.26. The summed E-state index contributed by atoms with van der Waals surface area (Å²) in [5, 5.41) is 9.47. The van der Waals surface area contributed by atoms with Crippen LogP contribution in [0, 0.1) is 0 Å². The Bertz CT molecular complexity index is 256. The van der Waals surface area contributed by atoms with Crippen molar-refractivity contribution in [3.63, 3.8) is 0 Å². The van der Waals surface area contributed by atoms with Gasteiger partial charge in [0.15, 0.2) is 0 Å². The van der Waals surface area contributed by atoms with Crippen LogP contribution in [0.2, 0.25) is 0 Å². The topological polar surface area (TPSA) is 46.2 Å². The summed E-state index contributed by atoms with van der Waals surface area (Å²) in [4.78, 5) is 0. The van der Waals surface area contributed by atoms with Crippen molar-refractivity contribution in [2.45, 2.75) is 32.3 Å². The number of hydrogen-bond acceptors (Lipinski definition) is 2. The Hall–Kier alpha value is -0.860. The molecule has 0 fully saturated rings. The number of aliphatic hydroxyl groups is 1. The Balaban J connectivity index is 2.59.